The predicted octanol–water partition coefficient (Wildman–Crippen LogP) is 3.94. The zero-order chi connectivity index (χ0) is 18.0. The van der Waals surface area contributed by atoms with Crippen LogP contribution in [0.3, 0.4) is 0 Å². The number of oxime groups is 1. The number of hydrogen-bond acceptors (Lipinski definition) is 3. The van der Waals surface area contributed by atoms with E-state index in [4.69, 9.17) is 4.84 Å². The maximum absolute atomic E-state index is 12.3. The SMILES string of the molecule is O=C(CO/N=C\c1ccccc1)NC(c1ccccc1)c1ccccc1. The van der Waals surface area contributed by atoms with E-state index in [-0.39, 0.29) is 18.6 Å². The van der Waals surface area contributed by atoms with Gasteiger partial charge in [-0.1, -0.05) is 96.2 Å². The van der Waals surface area contributed by atoms with E-state index in [9.17, 15) is 4.79 Å². The second kappa shape index (κ2) is 9.18. The van der Waals surface area contributed by atoms with Crippen LogP contribution in [0.15, 0.2) is 96.2 Å². The van der Waals surface area contributed by atoms with Gasteiger partial charge in [-0.3, -0.25) is 4.79 Å². The monoisotopic (exact) mass is 344 g/mol. The van der Waals surface area contributed by atoms with Gasteiger partial charge in [-0.2, -0.15) is 0 Å². The average molecular weight is 344 g/mol. The van der Waals surface area contributed by atoms with Crippen LogP contribution in [0.1, 0.15) is 22.7 Å². The van der Waals surface area contributed by atoms with Gasteiger partial charge in [0.1, 0.15) is 0 Å². The number of nitrogens with one attached hydrogen (secondary N) is 1. The van der Waals surface area contributed by atoms with E-state index in [0.29, 0.717) is 0 Å². The van der Waals surface area contributed by atoms with Gasteiger partial charge in [-0.15, -0.1) is 0 Å². The molecule has 3 aromatic rings. The summed E-state index contributed by atoms with van der Waals surface area (Å²) in [6.07, 6.45) is 1.58. The van der Waals surface area contributed by atoms with Gasteiger partial charge in [0.05, 0.1) is 12.3 Å². The molecule has 0 aromatic heterocycles. The molecule has 1 amide bonds. The van der Waals surface area contributed by atoms with Crippen molar-refractivity contribution in [3.05, 3.63) is 108 Å². The van der Waals surface area contributed by atoms with Crippen LogP contribution in [-0.2, 0) is 9.63 Å². The summed E-state index contributed by atoms with van der Waals surface area (Å²) < 4.78 is 0. The minimum atomic E-state index is -0.230. The Kier molecular flexibility index (Phi) is 6.15. The Labute approximate surface area is 153 Å². The lowest BCUT2D eigenvalue weighted by Gasteiger charge is -2.19. The summed E-state index contributed by atoms with van der Waals surface area (Å²) in [5, 5.41) is 6.86. The average Bonchev–Trinajstić information content (AvgIpc) is 2.71. The van der Waals surface area contributed by atoms with Gasteiger partial charge in [-0.25, -0.2) is 0 Å². The summed E-state index contributed by atoms with van der Waals surface area (Å²) in [4.78, 5) is 17.4. The second-order valence-electron chi connectivity index (χ2n) is 5.74. The number of rotatable bonds is 7. The maximum atomic E-state index is 12.3. The van der Waals surface area contributed by atoms with E-state index in [2.05, 4.69) is 10.5 Å². The number of hydrogen-bond donors (Lipinski definition) is 1. The zero-order valence-electron chi connectivity index (χ0n) is 14.3. The first kappa shape index (κ1) is 17.4. The number of nitrogens with zero attached hydrogens (tertiary/aromatic N) is 1. The molecule has 0 saturated carbocycles. The summed E-state index contributed by atoms with van der Waals surface area (Å²) >= 11 is 0. The fraction of sp³-hybridized carbons (Fsp3) is 0.0909. The number of carbonyl (C=O) groups is 1. The van der Waals surface area contributed by atoms with Crippen LogP contribution in [0.4, 0.5) is 0 Å². The smallest absolute Gasteiger partial charge is 0.261 e. The molecule has 0 unspecified atom stereocenters. The Morgan fingerprint density at radius 2 is 1.35 bits per heavy atom. The Balaban J connectivity index is 1.62. The molecule has 0 radical (unpaired) electrons. The molecule has 0 heterocycles. The van der Waals surface area contributed by atoms with E-state index in [1.807, 2.05) is 91.0 Å². The normalized spacial score (nSPS) is 10.8. The van der Waals surface area contributed by atoms with Crippen LogP contribution in [-0.4, -0.2) is 18.7 Å². The quantitative estimate of drug-likeness (QED) is 0.521. The third-order valence-electron chi connectivity index (χ3n) is 3.84. The molecule has 4 heteroatoms. The molecule has 130 valence electrons. The van der Waals surface area contributed by atoms with Gasteiger partial charge in [0, 0.05) is 0 Å². The molecule has 3 aromatic carbocycles. The number of carbonyl (C=O) groups excluding carboxylic acids is 1. The van der Waals surface area contributed by atoms with E-state index in [0.717, 1.165) is 16.7 Å². The Morgan fingerprint density at radius 3 is 1.88 bits per heavy atom. The highest BCUT2D eigenvalue weighted by Gasteiger charge is 2.16. The summed E-state index contributed by atoms with van der Waals surface area (Å²) in [6.45, 7) is -0.139. The van der Waals surface area contributed by atoms with E-state index < -0.39 is 0 Å². The van der Waals surface area contributed by atoms with Crippen molar-refractivity contribution in [2.45, 2.75) is 6.04 Å². The lowest BCUT2D eigenvalue weighted by atomic mass is 9.99. The van der Waals surface area contributed by atoms with Crippen molar-refractivity contribution in [1.82, 2.24) is 5.32 Å². The third-order valence-corrected chi connectivity index (χ3v) is 3.84. The Morgan fingerprint density at radius 1 is 0.846 bits per heavy atom. The highest BCUT2D eigenvalue weighted by molar-refractivity contribution is 5.80. The van der Waals surface area contributed by atoms with Gasteiger partial charge in [-0.05, 0) is 16.7 Å². The molecular weight excluding hydrogens is 324 g/mol. The van der Waals surface area contributed by atoms with Crippen LogP contribution in [0, 0.1) is 0 Å². The minimum Gasteiger partial charge on any atom is -0.386 e. The second-order valence-corrected chi connectivity index (χ2v) is 5.74. The summed E-state index contributed by atoms with van der Waals surface area (Å²) in [5.41, 5.74) is 2.94. The standard InChI is InChI=1S/C22H20N2O2/c25-21(17-26-23-16-18-10-4-1-5-11-18)24-22(19-12-6-2-7-13-19)20-14-8-3-9-15-20/h1-16,22H,17H2,(H,24,25)/b23-16-. The van der Waals surface area contributed by atoms with E-state index >= 15 is 0 Å². The van der Waals surface area contributed by atoms with Crippen molar-refractivity contribution in [3.8, 4) is 0 Å². The van der Waals surface area contributed by atoms with Crippen molar-refractivity contribution < 1.29 is 9.63 Å². The van der Waals surface area contributed by atoms with Crippen molar-refractivity contribution in [1.29, 1.82) is 0 Å². The highest BCUT2D eigenvalue weighted by atomic mass is 16.6. The van der Waals surface area contributed by atoms with Crippen LogP contribution in [0.5, 0.6) is 0 Å². The first-order chi connectivity index (χ1) is 12.8. The lowest BCUT2D eigenvalue weighted by molar-refractivity contribution is -0.126. The molecule has 0 aliphatic heterocycles. The largest absolute Gasteiger partial charge is 0.386 e. The van der Waals surface area contributed by atoms with Crippen LogP contribution in [0.25, 0.3) is 0 Å². The molecule has 0 saturated heterocycles. The molecule has 0 bridgehead atoms. The van der Waals surface area contributed by atoms with Gasteiger partial charge >= 0.3 is 0 Å². The van der Waals surface area contributed by atoms with Crippen molar-refractivity contribution in [3.63, 3.8) is 0 Å². The fourth-order valence-electron chi connectivity index (χ4n) is 2.59. The lowest BCUT2D eigenvalue weighted by Crippen LogP contribution is -2.31. The zero-order valence-corrected chi connectivity index (χ0v) is 14.3. The van der Waals surface area contributed by atoms with Gasteiger partial charge in [0.15, 0.2) is 6.61 Å². The fourth-order valence-corrected chi connectivity index (χ4v) is 2.59. The van der Waals surface area contributed by atoms with Crippen molar-refractivity contribution >= 4 is 12.1 Å². The van der Waals surface area contributed by atoms with Gasteiger partial charge in [0.25, 0.3) is 5.91 Å². The minimum absolute atomic E-state index is 0.139. The third kappa shape index (κ3) is 5.05. The van der Waals surface area contributed by atoms with Gasteiger partial charge < -0.3 is 10.2 Å². The van der Waals surface area contributed by atoms with Crippen LogP contribution >= 0.6 is 0 Å². The Hall–Kier alpha value is -3.40. The first-order valence-electron chi connectivity index (χ1n) is 8.42. The molecule has 0 fully saturated rings. The molecular formula is C22H20N2O2. The van der Waals surface area contributed by atoms with Gasteiger partial charge in [0.2, 0.25) is 0 Å². The number of amides is 1. The van der Waals surface area contributed by atoms with Crippen LogP contribution < -0.4 is 5.32 Å². The number of benzene rings is 3. The topological polar surface area (TPSA) is 50.7 Å². The molecule has 4 nitrogen and oxygen atoms in total. The molecule has 0 aliphatic rings. The molecule has 3 rings (SSSR count). The van der Waals surface area contributed by atoms with Crippen LogP contribution in [0.2, 0.25) is 0 Å². The van der Waals surface area contributed by atoms with E-state index in [1.54, 1.807) is 6.21 Å². The van der Waals surface area contributed by atoms with Crippen molar-refractivity contribution in [2.75, 3.05) is 6.61 Å². The molecule has 0 atom stereocenters. The molecule has 26 heavy (non-hydrogen) atoms. The Bertz CT molecular complexity index is 794. The molecule has 0 aliphatic carbocycles. The highest BCUT2D eigenvalue weighted by Crippen LogP contribution is 2.21. The summed E-state index contributed by atoms with van der Waals surface area (Å²) in [5.74, 6) is -0.229. The first-order valence-corrected chi connectivity index (χ1v) is 8.42. The summed E-state index contributed by atoms with van der Waals surface area (Å²) in [7, 11) is 0. The molecule has 0 spiro atoms. The summed E-state index contributed by atoms with van der Waals surface area (Å²) in [6, 6.07) is 29.1. The molecule has 1 N–H and O–H groups in total. The van der Waals surface area contributed by atoms with E-state index in [1.165, 1.54) is 0 Å². The van der Waals surface area contributed by atoms with Crippen molar-refractivity contribution in [2.24, 2.45) is 5.16 Å². The maximum Gasteiger partial charge on any atom is 0.261 e. The predicted molar refractivity (Wildman–Crippen MR) is 103 cm³/mol.